The summed E-state index contributed by atoms with van der Waals surface area (Å²) in [5.41, 5.74) is 23.4. The second-order valence-electron chi connectivity index (χ2n) is 13.7. The number of benzene rings is 1. The van der Waals surface area contributed by atoms with Crippen molar-refractivity contribution in [3.63, 3.8) is 0 Å². The topological polar surface area (TPSA) is 304 Å². The first-order valence-electron chi connectivity index (χ1n) is 18.3. The fraction of sp³-hybridized carbons (Fsp3) is 0.639. The molecule has 0 aliphatic carbocycles. The van der Waals surface area contributed by atoms with E-state index in [1.165, 1.54) is 0 Å². The molecule has 0 heterocycles. The largest absolute Gasteiger partial charge is 0.480 e. The van der Waals surface area contributed by atoms with Gasteiger partial charge >= 0.3 is 5.97 Å². The van der Waals surface area contributed by atoms with Crippen LogP contribution in [0.4, 0.5) is 0 Å². The summed E-state index contributed by atoms with van der Waals surface area (Å²) in [6.07, 6.45) is 2.43. The molecule has 0 bridgehead atoms. The van der Waals surface area contributed by atoms with Crippen molar-refractivity contribution in [3.8, 4) is 0 Å². The number of aliphatic carboxylic acids is 1. The van der Waals surface area contributed by atoms with Crippen molar-refractivity contribution < 1.29 is 38.7 Å². The first-order valence-corrected chi connectivity index (χ1v) is 18.3. The SMILES string of the molecule is CC[C@H](C)[C@H](NC(=O)[C@H](CCCCN)NC(=O)[C@H](CC(N)=O)NC(=O)[C@H](Cc1ccccc1)NC(=O)[C@@H](N)CCCCN)C(=O)N[C@H](C(=O)O)C(C)C. The first-order chi connectivity index (χ1) is 25.1. The predicted octanol–water partition coefficient (Wildman–Crippen LogP) is -1.10. The smallest absolute Gasteiger partial charge is 0.326 e. The van der Waals surface area contributed by atoms with Gasteiger partial charge in [-0.1, -0.05) is 70.9 Å². The van der Waals surface area contributed by atoms with Gasteiger partial charge in [0.15, 0.2) is 0 Å². The van der Waals surface area contributed by atoms with E-state index >= 15 is 0 Å². The maximum absolute atomic E-state index is 13.7. The van der Waals surface area contributed by atoms with Gasteiger partial charge in [0.25, 0.3) is 0 Å². The number of amides is 6. The molecule has 0 fully saturated rings. The standard InChI is InChI=1S/C36H61N9O8/c1-5-22(4)30(35(51)44-29(21(2)3)36(52)53)45-32(48)25(16-10-12-18-38)41-34(50)27(20-28(40)46)43-33(49)26(19-23-13-7-6-8-14-23)42-31(47)24(39)15-9-11-17-37/h6-8,13-14,21-22,24-27,29-30H,5,9-12,15-20,37-39H2,1-4H3,(H2,40,46)(H,41,50)(H,42,47)(H,43,49)(H,44,51)(H,45,48)(H,52,53)/t22-,24-,25-,26-,27-,29-,30-/m0/s1. The van der Waals surface area contributed by atoms with Gasteiger partial charge in [-0.25, -0.2) is 4.79 Å². The van der Waals surface area contributed by atoms with Crippen molar-refractivity contribution in [1.29, 1.82) is 0 Å². The third-order valence-electron chi connectivity index (χ3n) is 8.86. The van der Waals surface area contributed by atoms with Gasteiger partial charge in [0, 0.05) is 6.42 Å². The Morgan fingerprint density at radius 2 is 1.17 bits per heavy atom. The van der Waals surface area contributed by atoms with E-state index in [0.29, 0.717) is 57.2 Å². The molecular weight excluding hydrogens is 686 g/mol. The Balaban J connectivity index is 3.33. The summed E-state index contributed by atoms with van der Waals surface area (Å²) in [7, 11) is 0. The van der Waals surface area contributed by atoms with Crippen LogP contribution in [0.5, 0.6) is 0 Å². The lowest BCUT2D eigenvalue weighted by Crippen LogP contribution is -2.60. The van der Waals surface area contributed by atoms with Crippen molar-refractivity contribution in [3.05, 3.63) is 35.9 Å². The molecule has 1 aromatic rings. The maximum Gasteiger partial charge on any atom is 0.326 e. The number of primary amides is 1. The summed E-state index contributed by atoms with van der Waals surface area (Å²) in [4.78, 5) is 91.3. The number of nitrogens with one attached hydrogen (secondary N) is 5. The maximum atomic E-state index is 13.7. The molecule has 14 N–H and O–H groups in total. The lowest BCUT2D eigenvalue weighted by Gasteiger charge is -2.29. The van der Waals surface area contributed by atoms with Gasteiger partial charge in [-0.2, -0.15) is 0 Å². The molecule has 1 aromatic carbocycles. The van der Waals surface area contributed by atoms with Gasteiger partial charge in [0.2, 0.25) is 35.4 Å². The number of carbonyl (C=O) groups is 7. The van der Waals surface area contributed by atoms with Crippen LogP contribution < -0.4 is 49.5 Å². The average Bonchev–Trinajstić information content (AvgIpc) is 3.11. The molecule has 1 rings (SSSR count). The van der Waals surface area contributed by atoms with E-state index < -0.39 is 95.9 Å². The second-order valence-corrected chi connectivity index (χ2v) is 13.7. The van der Waals surface area contributed by atoms with Gasteiger partial charge in [-0.3, -0.25) is 28.8 Å². The van der Waals surface area contributed by atoms with Crippen molar-refractivity contribution in [1.82, 2.24) is 26.6 Å². The summed E-state index contributed by atoms with van der Waals surface area (Å²) < 4.78 is 0. The molecule has 6 amide bonds. The van der Waals surface area contributed by atoms with Crippen LogP contribution in [0.15, 0.2) is 30.3 Å². The third-order valence-corrected chi connectivity index (χ3v) is 8.86. The van der Waals surface area contributed by atoms with E-state index in [9.17, 15) is 38.7 Å². The Morgan fingerprint density at radius 3 is 1.70 bits per heavy atom. The minimum absolute atomic E-state index is 0.0293. The van der Waals surface area contributed by atoms with Crippen LogP contribution in [0.1, 0.15) is 84.6 Å². The Labute approximate surface area is 311 Å². The van der Waals surface area contributed by atoms with E-state index in [1.54, 1.807) is 58.0 Å². The number of rotatable bonds is 26. The number of hydrogen-bond donors (Lipinski definition) is 10. The molecule has 0 aliphatic heterocycles. The zero-order valence-corrected chi connectivity index (χ0v) is 31.4. The Hall–Kier alpha value is -4.61. The van der Waals surface area contributed by atoms with Crippen LogP contribution >= 0.6 is 0 Å². The van der Waals surface area contributed by atoms with Crippen LogP contribution in [0.25, 0.3) is 0 Å². The zero-order valence-electron chi connectivity index (χ0n) is 31.4. The molecule has 0 saturated carbocycles. The molecule has 0 aromatic heterocycles. The van der Waals surface area contributed by atoms with E-state index in [1.807, 2.05) is 0 Å². The lowest BCUT2D eigenvalue weighted by molar-refractivity contribution is -0.144. The van der Waals surface area contributed by atoms with Crippen LogP contribution in [-0.4, -0.2) is 95.9 Å². The van der Waals surface area contributed by atoms with Crippen LogP contribution in [0.2, 0.25) is 0 Å². The summed E-state index contributed by atoms with van der Waals surface area (Å²) in [6, 6.07) is 1.54. The Bertz CT molecular complexity index is 1350. The fourth-order valence-electron chi connectivity index (χ4n) is 5.41. The third kappa shape index (κ3) is 17.2. The zero-order chi connectivity index (χ0) is 40.1. The minimum Gasteiger partial charge on any atom is -0.480 e. The highest BCUT2D eigenvalue weighted by atomic mass is 16.4. The van der Waals surface area contributed by atoms with Crippen molar-refractivity contribution >= 4 is 41.4 Å². The van der Waals surface area contributed by atoms with Gasteiger partial charge in [0.1, 0.15) is 30.2 Å². The highest BCUT2D eigenvalue weighted by Gasteiger charge is 2.35. The van der Waals surface area contributed by atoms with Gasteiger partial charge in [-0.05, 0) is 62.6 Å². The summed E-state index contributed by atoms with van der Waals surface area (Å²) in [5, 5.41) is 22.5. The minimum atomic E-state index is -1.55. The molecule has 0 unspecified atom stereocenters. The van der Waals surface area contributed by atoms with E-state index in [2.05, 4.69) is 26.6 Å². The Kier molecular flexibility index (Phi) is 21.5. The molecule has 17 heteroatoms. The van der Waals surface area contributed by atoms with Crippen molar-refractivity contribution in [2.24, 2.45) is 34.8 Å². The molecule has 0 spiro atoms. The molecule has 17 nitrogen and oxygen atoms in total. The van der Waals surface area contributed by atoms with E-state index in [4.69, 9.17) is 22.9 Å². The molecule has 0 aliphatic rings. The van der Waals surface area contributed by atoms with Crippen LogP contribution in [-0.2, 0) is 40.0 Å². The van der Waals surface area contributed by atoms with Crippen molar-refractivity contribution in [2.75, 3.05) is 13.1 Å². The molecule has 298 valence electrons. The number of hydrogen-bond acceptors (Lipinski definition) is 10. The van der Waals surface area contributed by atoms with Gasteiger partial charge < -0.3 is 54.6 Å². The second kappa shape index (κ2) is 24.6. The molecule has 53 heavy (non-hydrogen) atoms. The molecule has 0 saturated heterocycles. The normalized spacial score (nSPS) is 15.1. The molecular formula is C36H61N9O8. The average molecular weight is 748 g/mol. The first kappa shape index (κ1) is 46.4. The van der Waals surface area contributed by atoms with Crippen molar-refractivity contribution in [2.45, 2.75) is 122 Å². The number of unbranched alkanes of at least 4 members (excludes halogenated alkanes) is 2. The molecule has 7 atom stereocenters. The van der Waals surface area contributed by atoms with E-state index in [0.717, 1.165) is 0 Å². The molecule has 0 radical (unpaired) electrons. The van der Waals surface area contributed by atoms with Crippen LogP contribution in [0.3, 0.4) is 0 Å². The number of carboxylic acids is 1. The quantitative estimate of drug-likeness (QED) is 0.0507. The predicted molar refractivity (Wildman–Crippen MR) is 199 cm³/mol. The number of nitrogens with two attached hydrogens (primary N) is 4. The van der Waals surface area contributed by atoms with Gasteiger partial charge in [-0.15, -0.1) is 0 Å². The number of carbonyl (C=O) groups excluding carboxylic acids is 6. The fourth-order valence-corrected chi connectivity index (χ4v) is 5.41. The highest BCUT2D eigenvalue weighted by Crippen LogP contribution is 2.13. The Morgan fingerprint density at radius 1 is 0.660 bits per heavy atom. The summed E-state index contributed by atoms with van der Waals surface area (Å²) in [6.45, 7) is 7.53. The number of carboxylic acid groups (broad SMARTS) is 1. The highest BCUT2D eigenvalue weighted by molar-refractivity contribution is 5.98. The van der Waals surface area contributed by atoms with E-state index in [-0.39, 0.29) is 12.8 Å². The summed E-state index contributed by atoms with van der Waals surface area (Å²) in [5.74, 6) is -6.76. The summed E-state index contributed by atoms with van der Waals surface area (Å²) >= 11 is 0. The van der Waals surface area contributed by atoms with Gasteiger partial charge in [0.05, 0.1) is 12.5 Å². The lowest BCUT2D eigenvalue weighted by atomic mass is 9.96. The monoisotopic (exact) mass is 747 g/mol. The van der Waals surface area contributed by atoms with Crippen LogP contribution in [0, 0.1) is 11.8 Å².